The van der Waals surface area contributed by atoms with E-state index in [0.29, 0.717) is 6.42 Å². The zero-order chi connectivity index (χ0) is 14.0. The molecule has 1 N–H and O–H groups in total. The molecule has 0 saturated carbocycles. The van der Waals surface area contributed by atoms with E-state index in [9.17, 15) is 4.79 Å². The van der Waals surface area contributed by atoms with E-state index in [1.807, 2.05) is 27.1 Å². The van der Waals surface area contributed by atoms with Crippen LogP contribution in [0.2, 0.25) is 0 Å². The predicted molar refractivity (Wildman–Crippen MR) is 74.1 cm³/mol. The minimum atomic E-state index is -0.782. The van der Waals surface area contributed by atoms with Crippen LogP contribution in [0, 0.1) is 13.8 Å². The Balaban J connectivity index is 2.43. The van der Waals surface area contributed by atoms with Crippen LogP contribution < -0.4 is 0 Å². The van der Waals surface area contributed by atoms with Crippen LogP contribution in [0.4, 0.5) is 0 Å². The minimum absolute atomic E-state index is 0.129. The summed E-state index contributed by atoms with van der Waals surface area (Å²) in [5.74, 6) is -0.782. The Labute approximate surface area is 112 Å². The SMILES string of the molecule is Cc1ccc(C)c(-c2nn(C)cc2CCC(=O)O)c1. The highest BCUT2D eigenvalue weighted by molar-refractivity contribution is 5.70. The van der Waals surface area contributed by atoms with E-state index in [-0.39, 0.29) is 6.42 Å². The summed E-state index contributed by atoms with van der Waals surface area (Å²) >= 11 is 0. The zero-order valence-corrected chi connectivity index (χ0v) is 11.5. The molecular formula is C15H18N2O2. The predicted octanol–water partition coefficient (Wildman–Crippen LogP) is 2.72. The monoisotopic (exact) mass is 258 g/mol. The standard InChI is InChI=1S/C15H18N2O2/c1-10-4-5-11(2)13(8-10)15-12(6-7-14(18)19)9-17(3)16-15/h4-5,8-9H,6-7H2,1-3H3,(H,18,19). The molecule has 2 rings (SSSR count). The molecule has 2 aromatic rings. The minimum Gasteiger partial charge on any atom is -0.481 e. The molecule has 1 aromatic carbocycles. The number of nitrogens with zero attached hydrogens (tertiary/aromatic N) is 2. The highest BCUT2D eigenvalue weighted by Gasteiger charge is 2.13. The summed E-state index contributed by atoms with van der Waals surface area (Å²) in [5, 5.41) is 13.3. The molecule has 0 spiro atoms. The molecular weight excluding hydrogens is 240 g/mol. The topological polar surface area (TPSA) is 55.1 Å². The van der Waals surface area contributed by atoms with E-state index >= 15 is 0 Å². The lowest BCUT2D eigenvalue weighted by Gasteiger charge is -2.06. The Bertz CT molecular complexity index is 615. The molecule has 0 saturated heterocycles. The molecule has 1 aromatic heterocycles. The molecule has 1 heterocycles. The Morgan fingerprint density at radius 1 is 1.37 bits per heavy atom. The van der Waals surface area contributed by atoms with Crippen LogP contribution in [0.5, 0.6) is 0 Å². The van der Waals surface area contributed by atoms with Gasteiger partial charge in [-0.05, 0) is 37.5 Å². The van der Waals surface area contributed by atoms with Gasteiger partial charge in [0.05, 0.1) is 5.69 Å². The van der Waals surface area contributed by atoms with Crippen molar-refractivity contribution in [1.29, 1.82) is 0 Å². The molecule has 4 heteroatoms. The van der Waals surface area contributed by atoms with Crippen molar-refractivity contribution in [3.63, 3.8) is 0 Å². The second kappa shape index (κ2) is 5.26. The molecule has 0 bridgehead atoms. The number of carbonyl (C=O) groups is 1. The number of aryl methyl sites for hydroxylation is 4. The van der Waals surface area contributed by atoms with Gasteiger partial charge in [-0.1, -0.05) is 17.7 Å². The van der Waals surface area contributed by atoms with Gasteiger partial charge in [0.25, 0.3) is 0 Å². The molecule has 0 aliphatic rings. The van der Waals surface area contributed by atoms with Crippen LogP contribution >= 0.6 is 0 Å². The highest BCUT2D eigenvalue weighted by Crippen LogP contribution is 2.27. The summed E-state index contributed by atoms with van der Waals surface area (Å²) in [6.45, 7) is 4.09. The Kier molecular flexibility index (Phi) is 3.69. The van der Waals surface area contributed by atoms with E-state index < -0.39 is 5.97 Å². The smallest absolute Gasteiger partial charge is 0.303 e. The number of aromatic nitrogens is 2. The van der Waals surface area contributed by atoms with Gasteiger partial charge < -0.3 is 5.11 Å². The number of rotatable bonds is 4. The van der Waals surface area contributed by atoms with Gasteiger partial charge in [-0.2, -0.15) is 5.10 Å². The van der Waals surface area contributed by atoms with E-state index in [4.69, 9.17) is 5.11 Å². The van der Waals surface area contributed by atoms with Gasteiger partial charge in [0.1, 0.15) is 0 Å². The van der Waals surface area contributed by atoms with Crippen molar-refractivity contribution in [2.45, 2.75) is 26.7 Å². The van der Waals surface area contributed by atoms with E-state index in [1.54, 1.807) is 4.68 Å². The van der Waals surface area contributed by atoms with Crippen LogP contribution in [0.25, 0.3) is 11.3 Å². The summed E-state index contributed by atoms with van der Waals surface area (Å²) in [6.07, 6.45) is 2.54. The van der Waals surface area contributed by atoms with Crippen molar-refractivity contribution in [2.75, 3.05) is 0 Å². The average molecular weight is 258 g/mol. The normalized spacial score (nSPS) is 10.7. The summed E-state index contributed by atoms with van der Waals surface area (Å²) in [7, 11) is 1.86. The van der Waals surface area contributed by atoms with Crippen molar-refractivity contribution in [3.8, 4) is 11.3 Å². The maximum absolute atomic E-state index is 10.7. The average Bonchev–Trinajstić information content (AvgIpc) is 2.71. The molecule has 0 aliphatic heterocycles. The van der Waals surface area contributed by atoms with Gasteiger partial charge in [0, 0.05) is 25.2 Å². The first-order valence-corrected chi connectivity index (χ1v) is 6.29. The number of hydrogen-bond acceptors (Lipinski definition) is 2. The van der Waals surface area contributed by atoms with E-state index in [2.05, 4.69) is 23.3 Å². The second-order valence-electron chi connectivity index (χ2n) is 4.89. The number of benzene rings is 1. The molecule has 0 aliphatic carbocycles. The quantitative estimate of drug-likeness (QED) is 0.917. The van der Waals surface area contributed by atoms with Crippen molar-refractivity contribution >= 4 is 5.97 Å². The van der Waals surface area contributed by atoms with Crippen molar-refractivity contribution < 1.29 is 9.90 Å². The van der Waals surface area contributed by atoms with E-state index in [0.717, 1.165) is 22.4 Å². The lowest BCUT2D eigenvalue weighted by molar-refractivity contribution is -0.136. The maximum atomic E-state index is 10.7. The Morgan fingerprint density at radius 2 is 2.11 bits per heavy atom. The lowest BCUT2D eigenvalue weighted by atomic mass is 9.99. The molecule has 0 fully saturated rings. The molecule has 4 nitrogen and oxygen atoms in total. The zero-order valence-electron chi connectivity index (χ0n) is 11.5. The molecule has 0 amide bonds. The van der Waals surface area contributed by atoms with Gasteiger partial charge in [0.15, 0.2) is 0 Å². The van der Waals surface area contributed by atoms with E-state index in [1.165, 1.54) is 5.56 Å². The first-order chi connectivity index (χ1) is 8.97. The van der Waals surface area contributed by atoms with Crippen molar-refractivity contribution in [3.05, 3.63) is 41.1 Å². The van der Waals surface area contributed by atoms with Gasteiger partial charge >= 0.3 is 5.97 Å². The van der Waals surface area contributed by atoms with Crippen LogP contribution in [0.15, 0.2) is 24.4 Å². The number of carboxylic acid groups (broad SMARTS) is 1. The van der Waals surface area contributed by atoms with Crippen LogP contribution in [-0.2, 0) is 18.3 Å². The fraction of sp³-hybridized carbons (Fsp3) is 0.333. The van der Waals surface area contributed by atoms with Crippen molar-refractivity contribution in [1.82, 2.24) is 9.78 Å². The molecule has 0 atom stereocenters. The molecule has 19 heavy (non-hydrogen) atoms. The van der Waals surface area contributed by atoms with Gasteiger partial charge in [-0.3, -0.25) is 9.48 Å². The van der Waals surface area contributed by atoms with Crippen LogP contribution in [-0.4, -0.2) is 20.9 Å². The summed E-state index contributed by atoms with van der Waals surface area (Å²) in [6, 6.07) is 6.24. The highest BCUT2D eigenvalue weighted by atomic mass is 16.4. The first kappa shape index (κ1) is 13.3. The third-order valence-electron chi connectivity index (χ3n) is 3.16. The van der Waals surface area contributed by atoms with Crippen LogP contribution in [0.3, 0.4) is 0 Å². The molecule has 0 unspecified atom stereocenters. The fourth-order valence-corrected chi connectivity index (χ4v) is 2.18. The largest absolute Gasteiger partial charge is 0.481 e. The Hall–Kier alpha value is -2.10. The first-order valence-electron chi connectivity index (χ1n) is 6.29. The number of hydrogen-bond donors (Lipinski definition) is 1. The Morgan fingerprint density at radius 3 is 2.79 bits per heavy atom. The summed E-state index contributed by atoms with van der Waals surface area (Å²) in [5.41, 5.74) is 5.29. The fourth-order valence-electron chi connectivity index (χ4n) is 2.18. The number of aliphatic carboxylic acids is 1. The molecule has 100 valence electrons. The number of carboxylic acids is 1. The summed E-state index contributed by atoms with van der Waals surface area (Å²) in [4.78, 5) is 10.7. The van der Waals surface area contributed by atoms with Gasteiger partial charge in [-0.15, -0.1) is 0 Å². The second-order valence-corrected chi connectivity index (χ2v) is 4.89. The molecule has 0 radical (unpaired) electrons. The summed E-state index contributed by atoms with van der Waals surface area (Å²) < 4.78 is 1.74. The lowest BCUT2D eigenvalue weighted by Crippen LogP contribution is -1.98. The maximum Gasteiger partial charge on any atom is 0.303 e. The van der Waals surface area contributed by atoms with Crippen LogP contribution in [0.1, 0.15) is 23.1 Å². The third kappa shape index (κ3) is 3.02. The van der Waals surface area contributed by atoms with Gasteiger partial charge in [-0.25, -0.2) is 0 Å². The van der Waals surface area contributed by atoms with Gasteiger partial charge in [0.2, 0.25) is 0 Å². The van der Waals surface area contributed by atoms with Crippen molar-refractivity contribution in [2.24, 2.45) is 7.05 Å². The third-order valence-corrected chi connectivity index (χ3v) is 3.16.